The SMILES string of the molecule is CCOc1ccc(C(=O)Oc2ccc(Br)cc2C=NNC(=O)c2ccc(Cl)cc2)cc1. The summed E-state index contributed by atoms with van der Waals surface area (Å²) in [6.07, 6.45) is 1.40. The number of nitrogens with one attached hydrogen (secondary N) is 1. The number of benzene rings is 3. The molecule has 0 aromatic heterocycles. The Morgan fingerprint density at radius 2 is 1.71 bits per heavy atom. The number of hydrogen-bond acceptors (Lipinski definition) is 5. The normalized spacial score (nSPS) is 10.7. The molecule has 0 fully saturated rings. The molecule has 1 amide bonds. The average molecular weight is 502 g/mol. The third kappa shape index (κ3) is 6.41. The highest BCUT2D eigenvalue weighted by molar-refractivity contribution is 9.10. The van der Waals surface area contributed by atoms with Crippen molar-refractivity contribution in [1.82, 2.24) is 5.43 Å². The van der Waals surface area contributed by atoms with E-state index in [1.54, 1.807) is 66.7 Å². The quantitative estimate of drug-likeness (QED) is 0.201. The predicted octanol–water partition coefficient (Wildman–Crippen LogP) is 5.48. The van der Waals surface area contributed by atoms with Gasteiger partial charge in [-0.3, -0.25) is 4.79 Å². The van der Waals surface area contributed by atoms with E-state index in [2.05, 4.69) is 26.5 Å². The van der Waals surface area contributed by atoms with Crippen molar-refractivity contribution in [3.8, 4) is 11.5 Å². The van der Waals surface area contributed by atoms with Crippen LogP contribution in [0.4, 0.5) is 0 Å². The molecule has 3 aromatic rings. The van der Waals surface area contributed by atoms with Crippen LogP contribution in [0.5, 0.6) is 11.5 Å². The second-order valence-electron chi connectivity index (χ2n) is 6.24. The van der Waals surface area contributed by atoms with Crippen molar-refractivity contribution in [2.75, 3.05) is 6.61 Å². The Bertz CT molecular complexity index is 1100. The number of amides is 1. The fraction of sp³-hybridized carbons (Fsp3) is 0.0870. The molecule has 8 heteroatoms. The third-order valence-corrected chi connectivity index (χ3v) is 4.80. The maximum absolute atomic E-state index is 12.5. The van der Waals surface area contributed by atoms with Crippen LogP contribution in [-0.2, 0) is 0 Å². The molecular weight excluding hydrogens is 484 g/mol. The minimum absolute atomic E-state index is 0.298. The van der Waals surface area contributed by atoms with Gasteiger partial charge in [0.05, 0.1) is 18.4 Å². The van der Waals surface area contributed by atoms with E-state index in [0.29, 0.717) is 39.8 Å². The lowest BCUT2D eigenvalue weighted by molar-refractivity contribution is 0.0734. The maximum atomic E-state index is 12.5. The summed E-state index contributed by atoms with van der Waals surface area (Å²) in [4.78, 5) is 24.7. The van der Waals surface area contributed by atoms with E-state index in [1.165, 1.54) is 6.21 Å². The van der Waals surface area contributed by atoms with Gasteiger partial charge in [-0.15, -0.1) is 0 Å². The molecular formula is C23H18BrClN2O4. The molecule has 0 bridgehead atoms. The lowest BCUT2D eigenvalue weighted by Crippen LogP contribution is -2.17. The summed E-state index contributed by atoms with van der Waals surface area (Å²) in [5, 5.41) is 4.50. The van der Waals surface area contributed by atoms with Gasteiger partial charge in [0.15, 0.2) is 0 Å². The Kier molecular flexibility index (Phi) is 7.81. The third-order valence-electron chi connectivity index (χ3n) is 4.05. The lowest BCUT2D eigenvalue weighted by Gasteiger charge is -2.09. The Morgan fingerprint density at radius 1 is 1.03 bits per heavy atom. The van der Waals surface area contributed by atoms with E-state index in [1.807, 2.05) is 6.92 Å². The number of hydrogen-bond donors (Lipinski definition) is 1. The minimum atomic E-state index is -0.523. The summed E-state index contributed by atoms with van der Waals surface area (Å²) < 4.78 is 11.7. The van der Waals surface area contributed by atoms with E-state index in [9.17, 15) is 9.59 Å². The number of halogens is 2. The molecule has 0 heterocycles. The molecule has 0 unspecified atom stereocenters. The second kappa shape index (κ2) is 10.7. The molecule has 0 saturated carbocycles. The fourth-order valence-corrected chi connectivity index (χ4v) is 3.06. The predicted molar refractivity (Wildman–Crippen MR) is 123 cm³/mol. The number of carbonyl (C=O) groups is 2. The molecule has 1 N–H and O–H groups in total. The van der Waals surface area contributed by atoms with Crippen molar-refractivity contribution in [2.45, 2.75) is 6.92 Å². The molecule has 3 aromatic carbocycles. The van der Waals surface area contributed by atoms with Gasteiger partial charge in [0, 0.05) is 20.6 Å². The molecule has 0 aliphatic carbocycles. The van der Waals surface area contributed by atoms with Crippen molar-refractivity contribution >= 4 is 45.6 Å². The number of esters is 1. The van der Waals surface area contributed by atoms with Crippen LogP contribution in [0, 0.1) is 0 Å². The van der Waals surface area contributed by atoms with Crippen molar-refractivity contribution in [2.24, 2.45) is 5.10 Å². The molecule has 0 atom stereocenters. The number of nitrogens with zero attached hydrogens (tertiary/aromatic N) is 1. The highest BCUT2D eigenvalue weighted by atomic mass is 79.9. The number of rotatable bonds is 7. The van der Waals surface area contributed by atoms with Crippen LogP contribution >= 0.6 is 27.5 Å². The van der Waals surface area contributed by atoms with E-state index in [-0.39, 0.29) is 0 Å². The van der Waals surface area contributed by atoms with Gasteiger partial charge >= 0.3 is 5.97 Å². The Labute approximate surface area is 193 Å². The monoisotopic (exact) mass is 500 g/mol. The fourth-order valence-electron chi connectivity index (χ4n) is 2.55. The van der Waals surface area contributed by atoms with Gasteiger partial charge in [0.2, 0.25) is 0 Å². The average Bonchev–Trinajstić information content (AvgIpc) is 2.76. The highest BCUT2D eigenvalue weighted by Crippen LogP contribution is 2.23. The first kappa shape index (κ1) is 22.5. The Hall–Kier alpha value is -3.16. The van der Waals surface area contributed by atoms with Crippen molar-refractivity contribution < 1.29 is 19.1 Å². The first-order valence-electron chi connectivity index (χ1n) is 9.30. The van der Waals surface area contributed by atoms with Gasteiger partial charge in [-0.05, 0) is 73.7 Å². The first-order valence-corrected chi connectivity index (χ1v) is 10.5. The smallest absolute Gasteiger partial charge is 0.343 e. The minimum Gasteiger partial charge on any atom is -0.494 e. The van der Waals surface area contributed by atoms with Crippen molar-refractivity contribution in [3.63, 3.8) is 0 Å². The van der Waals surface area contributed by atoms with Crippen LogP contribution in [0.3, 0.4) is 0 Å². The molecule has 0 radical (unpaired) electrons. The van der Waals surface area contributed by atoms with Crippen LogP contribution < -0.4 is 14.9 Å². The summed E-state index contributed by atoms with van der Waals surface area (Å²) in [7, 11) is 0. The van der Waals surface area contributed by atoms with Crippen LogP contribution in [0.25, 0.3) is 0 Å². The van der Waals surface area contributed by atoms with Crippen LogP contribution in [0.15, 0.2) is 76.3 Å². The molecule has 3 rings (SSSR count). The largest absolute Gasteiger partial charge is 0.494 e. The van der Waals surface area contributed by atoms with Crippen LogP contribution in [0.1, 0.15) is 33.2 Å². The van der Waals surface area contributed by atoms with E-state index in [0.717, 1.165) is 4.47 Å². The number of ether oxygens (including phenoxy) is 2. The van der Waals surface area contributed by atoms with Crippen molar-refractivity contribution in [3.05, 3.63) is 92.9 Å². The topological polar surface area (TPSA) is 77.0 Å². The van der Waals surface area contributed by atoms with Crippen molar-refractivity contribution in [1.29, 1.82) is 0 Å². The van der Waals surface area contributed by atoms with Gasteiger partial charge in [0.25, 0.3) is 5.91 Å². The van der Waals surface area contributed by atoms with Gasteiger partial charge in [-0.1, -0.05) is 27.5 Å². The van der Waals surface area contributed by atoms with Gasteiger partial charge in [-0.25, -0.2) is 10.2 Å². The number of hydrazone groups is 1. The zero-order valence-corrected chi connectivity index (χ0v) is 18.8. The van der Waals surface area contributed by atoms with Crippen LogP contribution in [-0.4, -0.2) is 24.7 Å². The molecule has 0 spiro atoms. The summed E-state index contributed by atoms with van der Waals surface area (Å²) in [5.74, 6) is 0.0552. The molecule has 31 heavy (non-hydrogen) atoms. The first-order chi connectivity index (χ1) is 15.0. The highest BCUT2D eigenvalue weighted by Gasteiger charge is 2.12. The summed E-state index contributed by atoms with van der Waals surface area (Å²) in [6, 6.07) is 18.2. The summed E-state index contributed by atoms with van der Waals surface area (Å²) >= 11 is 9.21. The number of carbonyl (C=O) groups excluding carboxylic acids is 2. The van der Waals surface area contributed by atoms with E-state index < -0.39 is 11.9 Å². The maximum Gasteiger partial charge on any atom is 0.343 e. The zero-order chi connectivity index (χ0) is 22.2. The van der Waals surface area contributed by atoms with Gasteiger partial charge < -0.3 is 9.47 Å². The van der Waals surface area contributed by atoms with Gasteiger partial charge in [-0.2, -0.15) is 5.10 Å². The van der Waals surface area contributed by atoms with Gasteiger partial charge in [0.1, 0.15) is 11.5 Å². The molecule has 0 aliphatic rings. The second-order valence-corrected chi connectivity index (χ2v) is 7.59. The standard InChI is InChI=1S/C23H18BrClN2O4/c1-2-30-20-10-5-16(6-11-20)23(29)31-21-12-7-18(24)13-17(21)14-26-27-22(28)15-3-8-19(25)9-4-15/h3-14H,2H2,1H3,(H,27,28). The van der Waals surface area contributed by atoms with Crippen LogP contribution in [0.2, 0.25) is 5.02 Å². The zero-order valence-electron chi connectivity index (χ0n) is 16.5. The summed E-state index contributed by atoms with van der Waals surface area (Å²) in [5.41, 5.74) is 3.73. The van der Waals surface area contributed by atoms with E-state index >= 15 is 0 Å². The molecule has 6 nitrogen and oxygen atoms in total. The molecule has 0 aliphatic heterocycles. The molecule has 0 saturated heterocycles. The lowest BCUT2D eigenvalue weighted by atomic mass is 10.2. The Morgan fingerprint density at radius 3 is 2.39 bits per heavy atom. The Balaban J connectivity index is 1.71. The summed E-state index contributed by atoms with van der Waals surface area (Å²) in [6.45, 7) is 2.43. The molecule has 158 valence electrons. The van der Waals surface area contributed by atoms with E-state index in [4.69, 9.17) is 21.1 Å².